The van der Waals surface area contributed by atoms with Gasteiger partial charge in [-0.15, -0.1) is 0 Å². The molecular formula is C8H14O4. The quantitative estimate of drug-likeness (QED) is 0.596. The highest BCUT2D eigenvalue weighted by atomic mass is 16.5. The molecule has 1 unspecified atom stereocenters. The molecule has 1 fully saturated rings. The highest BCUT2D eigenvalue weighted by Crippen LogP contribution is 2.19. The average Bonchev–Trinajstić information content (AvgIpc) is 2.17. The molecule has 0 aromatic heterocycles. The summed E-state index contributed by atoms with van der Waals surface area (Å²) >= 11 is 0. The maximum atomic E-state index is 10.9. The van der Waals surface area contributed by atoms with Gasteiger partial charge in [-0.25, -0.2) is 4.79 Å². The lowest BCUT2D eigenvalue weighted by Crippen LogP contribution is -2.34. The lowest BCUT2D eigenvalue weighted by Gasteiger charge is -2.24. The van der Waals surface area contributed by atoms with Gasteiger partial charge in [-0.2, -0.15) is 0 Å². The molecule has 70 valence electrons. The van der Waals surface area contributed by atoms with Gasteiger partial charge in [0, 0.05) is 13.2 Å². The Labute approximate surface area is 71.5 Å². The SMILES string of the molecule is COC(=O)C(O)C1CCOCC1. The molecule has 1 aliphatic heterocycles. The Balaban J connectivity index is 2.39. The summed E-state index contributed by atoms with van der Waals surface area (Å²) in [6.45, 7) is 1.25. The molecule has 12 heavy (non-hydrogen) atoms. The maximum Gasteiger partial charge on any atom is 0.334 e. The summed E-state index contributed by atoms with van der Waals surface area (Å²) in [5.41, 5.74) is 0. The lowest BCUT2D eigenvalue weighted by molar-refractivity contribution is -0.155. The monoisotopic (exact) mass is 174 g/mol. The van der Waals surface area contributed by atoms with Gasteiger partial charge >= 0.3 is 5.97 Å². The summed E-state index contributed by atoms with van der Waals surface area (Å²) < 4.78 is 9.54. The van der Waals surface area contributed by atoms with Crippen LogP contribution in [-0.4, -0.2) is 37.5 Å². The van der Waals surface area contributed by atoms with E-state index in [0.717, 1.165) is 12.8 Å². The van der Waals surface area contributed by atoms with Crippen molar-refractivity contribution in [1.82, 2.24) is 0 Å². The fourth-order valence-corrected chi connectivity index (χ4v) is 1.34. The Kier molecular flexibility index (Phi) is 3.49. The summed E-state index contributed by atoms with van der Waals surface area (Å²) in [6.07, 6.45) is 0.492. The van der Waals surface area contributed by atoms with Crippen molar-refractivity contribution in [1.29, 1.82) is 0 Å². The van der Waals surface area contributed by atoms with Crippen molar-refractivity contribution in [2.24, 2.45) is 5.92 Å². The van der Waals surface area contributed by atoms with E-state index >= 15 is 0 Å². The second-order valence-electron chi connectivity index (χ2n) is 2.92. The molecule has 0 aromatic carbocycles. The number of aliphatic hydroxyl groups excluding tert-OH is 1. The van der Waals surface area contributed by atoms with Crippen molar-refractivity contribution in [2.45, 2.75) is 18.9 Å². The highest BCUT2D eigenvalue weighted by molar-refractivity contribution is 5.74. The van der Waals surface area contributed by atoms with Gasteiger partial charge in [0.25, 0.3) is 0 Å². The summed E-state index contributed by atoms with van der Waals surface area (Å²) in [6, 6.07) is 0. The Hall–Kier alpha value is -0.610. The summed E-state index contributed by atoms with van der Waals surface area (Å²) in [5.74, 6) is -0.534. The number of ether oxygens (including phenoxy) is 2. The van der Waals surface area contributed by atoms with Crippen molar-refractivity contribution >= 4 is 5.97 Å². The lowest BCUT2D eigenvalue weighted by atomic mass is 9.94. The van der Waals surface area contributed by atoms with Gasteiger partial charge in [0.15, 0.2) is 6.10 Å². The summed E-state index contributed by atoms with van der Waals surface area (Å²) in [4.78, 5) is 10.9. The highest BCUT2D eigenvalue weighted by Gasteiger charge is 2.28. The zero-order valence-corrected chi connectivity index (χ0v) is 7.16. The molecule has 1 aliphatic rings. The van der Waals surface area contributed by atoms with E-state index in [2.05, 4.69) is 4.74 Å². The topological polar surface area (TPSA) is 55.8 Å². The predicted molar refractivity (Wildman–Crippen MR) is 41.6 cm³/mol. The van der Waals surface area contributed by atoms with E-state index in [1.165, 1.54) is 7.11 Å². The molecule has 1 N–H and O–H groups in total. The molecule has 0 aliphatic carbocycles. The second kappa shape index (κ2) is 4.42. The normalized spacial score (nSPS) is 21.8. The predicted octanol–water partition coefficient (Wildman–Crippen LogP) is -0.0531. The van der Waals surface area contributed by atoms with E-state index < -0.39 is 12.1 Å². The number of rotatable bonds is 2. The van der Waals surface area contributed by atoms with Crippen LogP contribution in [0.4, 0.5) is 0 Å². The minimum absolute atomic E-state index is 0.00574. The molecule has 1 heterocycles. The fraction of sp³-hybridized carbons (Fsp3) is 0.875. The third-order valence-electron chi connectivity index (χ3n) is 2.16. The van der Waals surface area contributed by atoms with Crippen LogP contribution in [-0.2, 0) is 14.3 Å². The van der Waals surface area contributed by atoms with Crippen LogP contribution < -0.4 is 0 Å². The second-order valence-corrected chi connectivity index (χ2v) is 2.92. The van der Waals surface area contributed by atoms with Crippen LogP contribution in [0.3, 0.4) is 0 Å². The van der Waals surface area contributed by atoms with Crippen LogP contribution >= 0.6 is 0 Å². The van der Waals surface area contributed by atoms with Crippen LogP contribution in [0.2, 0.25) is 0 Å². The Bertz CT molecular complexity index is 151. The Morgan fingerprint density at radius 3 is 2.67 bits per heavy atom. The molecule has 4 heteroatoms. The van der Waals surface area contributed by atoms with Crippen molar-refractivity contribution in [3.05, 3.63) is 0 Å². The number of methoxy groups -OCH3 is 1. The molecule has 0 amide bonds. The molecule has 0 radical (unpaired) electrons. The molecule has 0 bridgehead atoms. The smallest absolute Gasteiger partial charge is 0.334 e. The van der Waals surface area contributed by atoms with Crippen molar-refractivity contribution < 1.29 is 19.4 Å². The minimum atomic E-state index is -0.973. The third-order valence-corrected chi connectivity index (χ3v) is 2.16. The van der Waals surface area contributed by atoms with Gasteiger partial charge in [0.2, 0.25) is 0 Å². The first-order valence-corrected chi connectivity index (χ1v) is 4.09. The van der Waals surface area contributed by atoms with E-state index in [1.54, 1.807) is 0 Å². The molecular weight excluding hydrogens is 160 g/mol. The van der Waals surface area contributed by atoms with Crippen LogP contribution in [0.5, 0.6) is 0 Å². The summed E-state index contributed by atoms with van der Waals surface area (Å²) in [7, 11) is 1.28. The average molecular weight is 174 g/mol. The van der Waals surface area contributed by atoms with E-state index in [9.17, 15) is 9.90 Å². The largest absolute Gasteiger partial charge is 0.467 e. The number of aliphatic hydroxyl groups is 1. The molecule has 1 rings (SSSR count). The van der Waals surface area contributed by atoms with E-state index in [0.29, 0.717) is 13.2 Å². The van der Waals surface area contributed by atoms with Crippen LogP contribution in [0.1, 0.15) is 12.8 Å². The zero-order valence-electron chi connectivity index (χ0n) is 7.16. The molecule has 0 aromatic rings. The first kappa shape index (κ1) is 9.48. The number of carbonyl (C=O) groups excluding carboxylic acids is 1. The van der Waals surface area contributed by atoms with Crippen molar-refractivity contribution in [3.8, 4) is 0 Å². The number of hydrogen-bond donors (Lipinski definition) is 1. The van der Waals surface area contributed by atoms with Crippen molar-refractivity contribution in [3.63, 3.8) is 0 Å². The molecule has 4 nitrogen and oxygen atoms in total. The first-order valence-electron chi connectivity index (χ1n) is 4.09. The van der Waals surface area contributed by atoms with E-state index in [4.69, 9.17) is 4.74 Å². The van der Waals surface area contributed by atoms with Gasteiger partial charge in [0.05, 0.1) is 7.11 Å². The van der Waals surface area contributed by atoms with Gasteiger partial charge in [-0.3, -0.25) is 0 Å². The molecule has 0 spiro atoms. The molecule has 1 saturated heterocycles. The first-order chi connectivity index (χ1) is 5.75. The van der Waals surface area contributed by atoms with Gasteiger partial charge in [0.1, 0.15) is 0 Å². The number of carbonyl (C=O) groups is 1. The Morgan fingerprint density at radius 2 is 2.17 bits per heavy atom. The zero-order chi connectivity index (χ0) is 8.97. The minimum Gasteiger partial charge on any atom is -0.467 e. The van der Waals surface area contributed by atoms with Gasteiger partial charge < -0.3 is 14.6 Å². The van der Waals surface area contributed by atoms with Gasteiger partial charge in [-0.1, -0.05) is 0 Å². The fourth-order valence-electron chi connectivity index (χ4n) is 1.34. The van der Waals surface area contributed by atoms with Crippen LogP contribution in [0.25, 0.3) is 0 Å². The maximum absolute atomic E-state index is 10.9. The summed E-state index contributed by atoms with van der Waals surface area (Å²) in [5, 5.41) is 9.41. The number of esters is 1. The van der Waals surface area contributed by atoms with E-state index in [-0.39, 0.29) is 5.92 Å². The van der Waals surface area contributed by atoms with Crippen LogP contribution in [0.15, 0.2) is 0 Å². The number of hydrogen-bond acceptors (Lipinski definition) is 4. The van der Waals surface area contributed by atoms with Crippen LogP contribution in [0, 0.1) is 5.92 Å². The molecule has 0 saturated carbocycles. The Morgan fingerprint density at radius 1 is 1.58 bits per heavy atom. The van der Waals surface area contributed by atoms with Gasteiger partial charge in [-0.05, 0) is 18.8 Å². The molecule has 1 atom stereocenters. The third kappa shape index (κ3) is 2.19. The standard InChI is InChI=1S/C8H14O4/c1-11-8(10)7(9)6-2-4-12-5-3-6/h6-7,9H,2-5H2,1H3. The van der Waals surface area contributed by atoms with Crippen molar-refractivity contribution in [2.75, 3.05) is 20.3 Å². The van der Waals surface area contributed by atoms with E-state index in [1.807, 2.05) is 0 Å².